The van der Waals surface area contributed by atoms with E-state index in [9.17, 15) is 0 Å². The molecule has 0 atom stereocenters. The average molecular weight is 118 g/mol. The second kappa shape index (κ2) is 4.43. The van der Waals surface area contributed by atoms with Gasteiger partial charge in [-0.25, -0.2) is 0 Å². The van der Waals surface area contributed by atoms with Crippen LogP contribution in [0.25, 0.3) is 0 Å². The van der Waals surface area contributed by atoms with Gasteiger partial charge in [0.05, 0.1) is 5.60 Å². The van der Waals surface area contributed by atoms with Crippen LogP contribution in [0.2, 0.25) is 0 Å². The Balaban J connectivity index is 0. The lowest BCUT2D eigenvalue weighted by Gasteiger charge is -2.04. The highest BCUT2D eigenvalue weighted by Gasteiger charge is 1.97. The molecule has 8 heavy (non-hydrogen) atoms. The minimum Gasteiger partial charge on any atom is -0.391 e. The molecule has 0 unspecified atom stereocenters. The van der Waals surface area contributed by atoms with E-state index < -0.39 is 5.60 Å². The van der Waals surface area contributed by atoms with Crippen molar-refractivity contribution < 1.29 is 5.11 Å². The normalized spacial score (nSPS) is 8.50. The lowest BCUT2D eigenvalue weighted by atomic mass is 10.2. The number of nitrogens with one attached hydrogen (secondary N) is 2. The van der Waals surface area contributed by atoms with E-state index in [2.05, 4.69) is 0 Å². The highest BCUT2D eigenvalue weighted by molar-refractivity contribution is 4.50. The molecule has 4 heteroatoms. The van der Waals surface area contributed by atoms with E-state index in [1.807, 2.05) is 4.91 Å². The number of nitrogens with zero attached hydrogens (tertiary/aromatic N) is 1. The van der Waals surface area contributed by atoms with E-state index >= 15 is 0 Å². The Morgan fingerprint density at radius 3 is 1.25 bits per heavy atom. The first kappa shape index (κ1) is 10.3. The lowest BCUT2D eigenvalue weighted by Crippen LogP contribution is -2.10. The average Bonchev–Trinajstić information content (AvgIpc) is 1.27. The third kappa shape index (κ3) is 180. The molecular formula is C4H12N3O+. The molecule has 0 saturated heterocycles. The summed E-state index contributed by atoms with van der Waals surface area (Å²) in [7, 11) is 0. The Labute approximate surface area is 48.6 Å². The Kier molecular flexibility index (Phi) is 5.70. The van der Waals surface area contributed by atoms with Crippen molar-refractivity contribution in [2.45, 2.75) is 26.4 Å². The Bertz CT molecular complexity index is 71.8. The summed E-state index contributed by atoms with van der Waals surface area (Å²) < 4.78 is 0. The fraction of sp³-hybridized carbons (Fsp3) is 1.00. The lowest BCUT2D eigenvalue weighted by molar-refractivity contribution is 0.102. The summed E-state index contributed by atoms with van der Waals surface area (Å²) in [5.41, 5.74) is 10.5. The Morgan fingerprint density at radius 2 is 1.25 bits per heavy atom. The zero-order valence-corrected chi connectivity index (χ0v) is 5.39. The van der Waals surface area contributed by atoms with E-state index in [0.29, 0.717) is 0 Å². The maximum Gasteiger partial charge on any atom is 0.211 e. The maximum atomic E-state index is 8.52. The van der Waals surface area contributed by atoms with Gasteiger partial charge in [-0.2, -0.15) is 0 Å². The van der Waals surface area contributed by atoms with Gasteiger partial charge in [-0.15, -0.1) is 0 Å². The fourth-order valence-electron chi connectivity index (χ4n) is 0. The van der Waals surface area contributed by atoms with Crippen LogP contribution >= 0.6 is 0 Å². The van der Waals surface area contributed by atoms with Gasteiger partial charge in [0.2, 0.25) is 4.91 Å². The third-order valence-corrected chi connectivity index (χ3v) is 0. The monoisotopic (exact) mass is 118 g/mol. The molecule has 0 aliphatic rings. The predicted molar refractivity (Wildman–Crippen MR) is 29.5 cm³/mol. The van der Waals surface area contributed by atoms with Gasteiger partial charge in [0.1, 0.15) is 11.1 Å². The number of aliphatic hydroxyl groups is 1. The minimum atomic E-state index is -0.500. The Morgan fingerprint density at radius 1 is 1.25 bits per heavy atom. The second-order valence-corrected chi connectivity index (χ2v) is 2.28. The van der Waals surface area contributed by atoms with Crippen LogP contribution in [0.4, 0.5) is 0 Å². The number of rotatable bonds is 0. The summed E-state index contributed by atoms with van der Waals surface area (Å²) in [6.45, 7) is 5.23. The SMILES string of the molecule is CC(C)(C)O.N=[N+]=N. The van der Waals surface area contributed by atoms with Gasteiger partial charge < -0.3 is 5.11 Å². The van der Waals surface area contributed by atoms with Gasteiger partial charge >= 0.3 is 0 Å². The molecule has 3 N–H and O–H groups in total. The Hall–Kier alpha value is -0.730. The predicted octanol–water partition coefficient (Wildman–Crippen LogP) is 0.893. The summed E-state index contributed by atoms with van der Waals surface area (Å²) in [4.78, 5) is 2.00. The largest absolute Gasteiger partial charge is 0.391 e. The molecule has 0 aromatic heterocycles. The van der Waals surface area contributed by atoms with Crippen LogP contribution < -0.4 is 4.91 Å². The van der Waals surface area contributed by atoms with Crippen molar-refractivity contribution in [3.05, 3.63) is 0 Å². The molecule has 0 fully saturated rings. The number of hydrogen-bond acceptors (Lipinski definition) is 3. The van der Waals surface area contributed by atoms with Gasteiger partial charge in [0.25, 0.3) is 0 Å². The van der Waals surface area contributed by atoms with Crippen LogP contribution in [-0.2, 0) is 0 Å². The van der Waals surface area contributed by atoms with Gasteiger partial charge in [-0.3, -0.25) is 0 Å². The second-order valence-electron chi connectivity index (χ2n) is 2.28. The molecule has 0 radical (unpaired) electrons. The van der Waals surface area contributed by atoms with Crippen LogP contribution in [0.15, 0.2) is 0 Å². The molecule has 0 spiro atoms. The zero-order valence-electron chi connectivity index (χ0n) is 5.39. The zero-order chi connectivity index (χ0) is 7.21. The smallest absolute Gasteiger partial charge is 0.211 e. The van der Waals surface area contributed by atoms with Crippen LogP contribution in [0.5, 0.6) is 0 Å². The van der Waals surface area contributed by atoms with E-state index in [0.717, 1.165) is 0 Å². The highest BCUT2D eigenvalue weighted by atomic mass is 16.3. The molecule has 0 saturated carbocycles. The van der Waals surface area contributed by atoms with E-state index in [1.54, 1.807) is 20.8 Å². The minimum absolute atomic E-state index is 0.500. The van der Waals surface area contributed by atoms with Crippen molar-refractivity contribution in [1.82, 2.24) is 4.91 Å². The first-order valence-corrected chi connectivity index (χ1v) is 2.17. The van der Waals surface area contributed by atoms with Crippen LogP contribution in [-0.4, -0.2) is 10.7 Å². The molecule has 0 amide bonds. The molecule has 0 aromatic rings. The van der Waals surface area contributed by atoms with Crippen molar-refractivity contribution in [2.24, 2.45) is 0 Å². The van der Waals surface area contributed by atoms with Crippen LogP contribution in [0.1, 0.15) is 20.8 Å². The van der Waals surface area contributed by atoms with E-state index in [1.165, 1.54) is 0 Å². The van der Waals surface area contributed by atoms with E-state index in [-0.39, 0.29) is 0 Å². The summed E-state index contributed by atoms with van der Waals surface area (Å²) in [6, 6.07) is 0. The van der Waals surface area contributed by atoms with E-state index in [4.69, 9.17) is 16.2 Å². The van der Waals surface area contributed by atoms with Crippen molar-refractivity contribution in [1.29, 1.82) is 11.1 Å². The van der Waals surface area contributed by atoms with Crippen molar-refractivity contribution in [3.63, 3.8) is 0 Å². The molecule has 48 valence electrons. The third-order valence-electron chi connectivity index (χ3n) is 0. The first-order valence-electron chi connectivity index (χ1n) is 2.17. The number of hydrogen-bond donors (Lipinski definition) is 3. The highest BCUT2D eigenvalue weighted by Crippen LogP contribution is 1.93. The van der Waals surface area contributed by atoms with Gasteiger partial charge in [-0.1, -0.05) is 0 Å². The van der Waals surface area contributed by atoms with Crippen molar-refractivity contribution in [3.8, 4) is 0 Å². The van der Waals surface area contributed by atoms with Gasteiger partial charge in [0, 0.05) is 0 Å². The topological polar surface area (TPSA) is 82.0 Å². The standard InChI is InChI=1S/C4H10O.H2N3/c1-4(2,3)5;1-3-2/h5H,1-3H3;1-2H/q;+1. The molecule has 0 aromatic carbocycles. The van der Waals surface area contributed by atoms with Crippen LogP contribution in [0.3, 0.4) is 0 Å². The quantitative estimate of drug-likeness (QED) is 0.320. The molecular weight excluding hydrogens is 106 g/mol. The van der Waals surface area contributed by atoms with Gasteiger partial charge in [-0.05, 0) is 20.8 Å². The molecule has 0 rings (SSSR count). The summed E-state index contributed by atoms with van der Waals surface area (Å²) in [6.07, 6.45) is 0. The first-order chi connectivity index (χ1) is 3.41. The van der Waals surface area contributed by atoms with Crippen molar-refractivity contribution >= 4 is 0 Å². The molecule has 0 aliphatic carbocycles. The van der Waals surface area contributed by atoms with Crippen LogP contribution in [0, 0.1) is 11.1 Å². The molecule has 4 nitrogen and oxygen atoms in total. The summed E-state index contributed by atoms with van der Waals surface area (Å²) in [5, 5.41) is 8.52. The van der Waals surface area contributed by atoms with Crippen molar-refractivity contribution in [2.75, 3.05) is 0 Å². The maximum absolute atomic E-state index is 8.52. The summed E-state index contributed by atoms with van der Waals surface area (Å²) in [5.74, 6) is 0. The molecule has 0 heterocycles. The summed E-state index contributed by atoms with van der Waals surface area (Å²) >= 11 is 0. The molecule has 0 aliphatic heterocycles. The fourth-order valence-corrected chi connectivity index (χ4v) is 0. The van der Waals surface area contributed by atoms with Gasteiger partial charge in [0.15, 0.2) is 0 Å². The molecule has 0 bridgehead atoms.